The maximum atomic E-state index is 8.90. The van der Waals surface area contributed by atoms with Crippen LogP contribution in [0.3, 0.4) is 0 Å². The second-order valence-corrected chi connectivity index (χ2v) is 4.92. The summed E-state index contributed by atoms with van der Waals surface area (Å²) in [6.07, 6.45) is 1.12. The second-order valence-electron chi connectivity index (χ2n) is 4.92. The van der Waals surface area contributed by atoms with E-state index in [1.807, 2.05) is 6.92 Å². The van der Waals surface area contributed by atoms with Crippen molar-refractivity contribution in [1.29, 1.82) is 5.26 Å². The van der Waals surface area contributed by atoms with Gasteiger partial charge in [-0.2, -0.15) is 5.26 Å². The normalized spacial score (nSPS) is 19.3. The van der Waals surface area contributed by atoms with E-state index in [2.05, 4.69) is 46.2 Å². The Bertz CT molecular complexity index is 388. The molecular weight excluding hydrogens is 222 g/mol. The highest BCUT2D eigenvalue weighted by Crippen LogP contribution is 2.07. The molecule has 1 unspecified atom stereocenters. The minimum absolute atomic E-state index is 0.0567. The number of benzene rings is 1. The van der Waals surface area contributed by atoms with E-state index >= 15 is 0 Å². The Morgan fingerprint density at radius 2 is 1.83 bits per heavy atom. The largest absolute Gasteiger partial charge is 0.300 e. The number of hydrogen-bond acceptors (Lipinski definition) is 3. The van der Waals surface area contributed by atoms with Crippen molar-refractivity contribution < 1.29 is 0 Å². The van der Waals surface area contributed by atoms with E-state index in [0.29, 0.717) is 0 Å². The molecule has 1 fully saturated rings. The molecule has 1 heterocycles. The van der Waals surface area contributed by atoms with Crippen molar-refractivity contribution in [3.8, 4) is 6.07 Å². The molecule has 0 saturated carbocycles. The zero-order chi connectivity index (χ0) is 12.8. The molecule has 1 aliphatic heterocycles. The summed E-state index contributed by atoms with van der Waals surface area (Å²) in [4.78, 5) is 4.76. The average Bonchev–Trinajstić information content (AvgIpc) is 2.46. The molecule has 0 spiro atoms. The summed E-state index contributed by atoms with van der Waals surface area (Å²) in [5, 5.41) is 8.90. The van der Waals surface area contributed by atoms with Gasteiger partial charge in [-0.1, -0.05) is 30.3 Å². The van der Waals surface area contributed by atoms with Gasteiger partial charge in [0.1, 0.15) is 0 Å². The molecule has 0 radical (unpaired) electrons. The third kappa shape index (κ3) is 3.56. The fourth-order valence-corrected chi connectivity index (χ4v) is 2.39. The Morgan fingerprint density at radius 3 is 2.44 bits per heavy atom. The fourth-order valence-electron chi connectivity index (χ4n) is 2.39. The second kappa shape index (κ2) is 6.53. The first-order valence-electron chi connectivity index (χ1n) is 6.69. The Balaban J connectivity index is 1.73. The van der Waals surface area contributed by atoms with Gasteiger partial charge in [0.2, 0.25) is 0 Å². The molecule has 96 valence electrons. The third-order valence-electron chi connectivity index (χ3n) is 3.70. The van der Waals surface area contributed by atoms with Crippen molar-refractivity contribution in [1.82, 2.24) is 9.80 Å². The van der Waals surface area contributed by atoms with Gasteiger partial charge in [-0.15, -0.1) is 0 Å². The van der Waals surface area contributed by atoms with Crippen LogP contribution in [0.1, 0.15) is 12.5 Å². The summed E-state index contributed by atoms with van der Waals surface area (Å²) in [6, 6.07) is 13.0. The Labute approximate surface area is 110 Å². The lowest BCUT2D eigenvalue weighted by atomic mass is 10.1. The predicted molar refractivity (Wildman–Crippen MR) is 73.2 cm³/mol. The van der Waals surface area contributed by atoms with Crippen LogP contribution >= 0.6 is 0 Å². The molecule has 1 aromatic rings. The van der Waals surface area contributed by atoms with Crippen molar-refractivity contribution in [2.24, 2.45) is 0 Å². The summed E-state index contributed by atoms with van der Waals surface area (Å²) >= 11 is 0. The number of hydrogen-bond donors (Lipinski definition) is 0. The molecule has 0 amide bonds. The maximum Gasteiger partial charge on any atom is 0.0950 e. The summed E-state index contributed by atoms with van der Waals surface area (Å²) in [6.45, 7) is 7.31. The van der Waals surface area contributed by atoms with Gasteiger partial charge in [0.15, 0.2) is 0 Å². The molecule has 1 aromatic carbocycles. The quantitative estimate of drug-likeness (QED) is 0.807. The Morgan fingerprint density at radius 1 is 1.17 bits per heavy atom. The SMILES string of the molecule is CC(C#N)N1CCN(CCc2ccccc2)CC1. The first kappa shape index (κ1) is 13.1. The molecule has 0 aromatic heterocycles. The van der Waals surface area contributed by atoms with Gasteiger partial charge < -0.3 is 4.90 Å². The highest BCUT2D eigenvalue weighted by Gasteiger charge is 2.20. The van der Waals surface area contributed by atoms with E-state index in [1.54, 1.807) is 0 Å². The van der Waals surface area contributed by atoms with Crippen LogP contribution in [-0.4, -0.2) is 48.6 Å². The van der Waals surface area contributed by atoms with Gasteiger partial charge in [0.05, 0.1) is 12.1 Å². The fraction of sp³-hybridized carbons (Fsp3) is 0.533. The zero-order valence-electron chi connectivity index (χ0n) is 11.0. The number of nitriles is 1. The minimum atomic E-state index is 0.0567. The molecule has 0 aliphatic carbocycles. The van der Waals surface area contributed by atoms with Gasteiger partial charge in [-0.3, -0.25) is 4.90 Å². The molecule has 1 aliphatic rings. The maximum absolute atomic E-state index is 8.90. The van der Waals surface area contributed by atoms with Crippen molar-refractivity contribution >= 4 is 0 Å². The smallest absolute Gasteiger partial charge is 0.0950 e. The van der Waals surface area contributed by atoms with Crippen LogP contribution in [0.4, 0.5) is 0 Å². The molecule has 3 heteroatoms. The number of rotatable bonds is 4. The van der Waals surface area contributed by atoms with E-state index in [9.17, 15) is 0 Å². The van der Waals surface area contributed by atoms with Crippen molar-refractivity contribution in [3.63, 3.8) is 0 Å². The van der Waals surface area contributed by atoms with Crippen LogP contribution in [0.2, 0.25) is 0 Å². The lowest BCUT2D eigenvalue weighted by Crippen LogP contribution is -2.49. The van der Waals surface area contributed by atoms with Crippen LogP contribution in [0.5, 0.6) is 0 Å². The van der Waals surface area contributed by atoms with E-state index < -0.39 is 0 Å². The third-order valence-corrected chi connectivity index (χ3v) is 3.70. The molecule has 0 bridgehead atoms. The van der Waals surface area contributed by atoms with Crippen LogP contribution in [0.25, 0.3) is 0 Å². The predicted octanol–water partition coefficient (Wildman–Crippen LogP) is 1.76. The van der Waals surface area contributed by atoms with Crippen molar-refractivity contribution in [3.05, 3.63) is 35.9 Å². The number of nitrogens with zero attached hydrogens (tertiary/aromatic N) is 3. The van der Waals surface area contributed by atoms with Crippen LogP contribution < -0.4 is 0 Å². The van der Waals surface area contributed by atoms with E-state index in [0.717, 1.165) is 39.1 Å². The molecule has 18 heavy (non-hydrogen) atoms. The van der Waals surface area contributed by atoms with Crippen molar-refractivity contribution in [2.45, 2.75) is 19.4 Å². The average molecular weight is 243 g/mol. The zero-order valence-corrected chi connectivity index (χ0v) is 11.0. The first-order chi connectivity index (χ1) is 8.79. The van der Waals surface area contributed by atoms with E-state index in [-0.39, 0.29) is 6.04 Å². The number of piperazine rings is 1. The van der Waals surface area contributed by atoms with Crippen LogP contribution in [0.15, 0.2) is 30.3 Å². The monoisotopic (exact) mass is 243 g/mol. The molecule has 2 rings (SSSR count). The lowest BCUT2D eigenvalue weighted by Gasteiger charge is -2.35. The topological polar surface area (TPSA) is 30.3 Å². The van der Waals surface area contributed by atoms with Gasteiger partial charge >= 0.3 is 0 Å². The van der Waals surface area contributed by atoms with E-state index in [4.69, 9.17) is 5.26 Å². The summed E-state index contributed by atoms with van der Waals surface area (Å²) < 4.78 is 0. The van der Waals surface area contributed by atoms with Gasteiger partial charge in [0, 0.05) is 32.7 Å². The molecule has 1 saturated heterocycles. The minimum Gasteiger partial charge on any atom is -0.300 e. The van der Waals surface area contributed by atoms with Gasteiger partial charge in [0.25, 0.3) is 0 Å². The van der Waals surface area contributed by atoms with E-state index in [1.165, 1.54) is 5.56 Å². The van der Waals surface area contributed by atoms with Crippen LogP contribution in [-0.2, 0) is 6.42 Å². The molecule has 3 nitrogen and oxygen atoms in total. The van der Waals surface area contributed by atoms with Crippen molar-refractivity contribution in [2.75, 3.05) is 32.7 Å². The molecular formula is C15H21N3. The molecule has 0 N–H and O–H groups in total. The lowest BCUT2D eigenvalue weighted by molar-refractivity contribution is 0.120. The van der Waals surface area contributed by atoms with Gasteiger partial charge in [-0.25, -0.2) is 0 Å². The van der Waals surface area contributed by atoms with Gasteiger partial charge in [-0.05, 0) is 18.9 Å². The Hall–Kier alpha value is -1.37. The van der Waals surface area contributed by atoms with Crippen LogP contribution in [0, 0.1) is 11.3 Å². The Kier molecular flexibility index (Phi) is 4.74. The summed E-state index contributed by atoms with van der Waals surface area (Å²) in [7, 11) is 0. The standard InChI is InChI=1S/C15H21N3/c1-14(13-16)18-11-9-17(10-12-18)8-7-15-5-3-2-4-6-15/h2-6,14H,7-12H2,1H3. The molecule has 1 atom stereocenters. The first-order valence-corrected chi connectivity index (χ1v) is 6.69. The highest BCUT2D eigenvalue weighted by molar-refractivity contribution is 5.14. The summed E-state index contributed by atoms with van der Waals surface area (Å²) in [5.41, 5.74) is 1.41. The summed E-state index contributed by atoms with van der Waals surface area (Å²) in [5.74, 6) is 0. The highest BCUT2D eigenvalue weighted by atomic mass is 15.3.